The Morgan fingerprint density at radius 3 is 2.24 bits per heavy atom. The number of rotatable bonds is 5. The van der Waals surface area contributed by atoms with Crippen LogP contribution < -0.4 is 0 Å². The van der Waals surface area contributed by atoms with Gasteiger partial charge in [0.25, 0.3) is 0 Å². The Balaban J connectivity index is 2.26. The maximum Gasteiger partial charge on any atom is 0.419 e. The predicted molar refractivity (Wildman–Crippen MR) is 87.9 cm³/mol. The van der Waals surface area contributed by atoms with Crippen LogP contribution in [0, 0.1) is 11.7 Å². The zero-order valence-electron chi connectivity index (χ0n) is 14.7. The van der Waals surface area contributed by atoms with E-state index < -0.39 is 23.5 Å². The Hall–Kier alpha value is -1.47. The van der Waals surface area contributed by atoms with Crippen LogP contribution in [0.15, 0.2) is 18.2 Å². The lowest BCUT2D eigenvalue weighted by molar-refractivity contribution is -0.140. The lowest BCUT2D eigenvalue weighted by Crippen LogP contribution is -2.46. The highest BCUT2D eigenvalue weighted by Gasteiger charge is 2.35. The molecule has 0 spiro atoms. The molecule has 2 rings (SSSR count). The second-order valence-corrected chi connectivity index (χ2v) is 6.95. The number of Topliss-reactive ketones (excluding diaryl/α,β-unsaturated/α-hetero) is 1. The van der Waals surface area contributed by atoms with Crippen LogP contribution in [0.2, 0.25) is 0 Å². The Labute approximate surface area is 145 Å². The highest BCUT2D eigenvalue weighted by Crippen LogP contribution is 2.33. The molecule has 140 valence electrons. The van der Waals surface area contributed by atoms with Crippen molar-refractivity contribution in [3.05, 3.63) is 35.1 Å². The Morgan fingerprint density at radius 2 is 1.76 bits per heavy atom. The fourth-order valence-electron chi connectivity index (χ4n) is 3.03. The number of likely N-dealkylation sites (N-methyl/N-ethyl adjacent to an activating group) is 1. The first kappa shape index (κ1) is 19.8. The van der Waals surface area contributed by atoms with Crippen molar-refractivity contribution in [3.63, 3.8) is 0 Å². The summed E-state index contributed by atoms with van der Waals surface area (Å²) in [5, 5.41) is 0. The topological polar surface area (TPSA) is 23.6 Å². The number of benzene rings is 1. The van der Waals surface area contributed by atoms with Crippen LogP contribution in [-0.2, 0) is 11.0 Å². The van der Waals surface area contributed by atoms with Crippen LogP contribution in [0.4, 0.5) is 17.6 Å². The van der Waals surface area contributed by atoms with Crippen LogP contribution in [0.5, 0.6) is 0 Å². The van der Waals surface area contributed by atoms with Crippen LogP contribution in [0.25, 0.3) is 0 Å². The van der Waals surface area contributed by atoms with Gasteiger partial charge in [-0.15, -0.1) is 0 Å². The number of piperazine rings is 1. The first-order chi connectivity index (χ1) is 11.6. The molecule has 0 radical (unpaired) electrons. The van der Waals surface area contributed by atoms with Crippen LogP contribution in [0.1, 0.15) is 30.9 Å². The number of hydrogen-bond acceptors (Lipinski definition) is 3. The molecular weight excluding hydrogens is 336 g/mol. The van der Waals surface area contributed by atoms with E-state index in [1.54, 1.807) is 13.8 Å². The van der Waals surface area contributed by atoms with Crippen LogP contribution in [0.3, 0.4) is 0 Å². The number of halogens is 4. The van der Waals surface area contributed by atoms with Gasteiger partial charge < -0.3 is 4.90 Å². The van der Waals surface area contributed by atoms with Gasteiger partial charge in [-0.05, 0) is 24.7 Å². The van der Waals surface area contributed by atoms with Crippen LogP contribution in [-0.4, -0.2) is 55.4 Å². The summed E-state index contributed by atoms with van der Waals surface area (Å²) < 4.78 is 52.2. The van der Waals surface area contributed by atoms with Gasteiger partial charge in [-0.1, -0.05) is 19.9 Å². The molecule has 1 aliphatic heterocycles. The van der Waals surface area contributed by atoms with Crippen molar-refractivity contribution in [1.29, 1.82) is 0 Å². The second kappa shape index (κ2) is 7.83. The Morgan fingerprint density at radius 1 is 1.16 bits per heavy atom. The monoisotopic (exact) mass is 360 g/mol. The van der Waals surface area contributed by atoms with E-state index >= 15 is 0 Å². The van der Waals surface area contributed by atoms with E-state index in [1.807, 2.05) is 7.05 Å². The maximum atomic E-state index is 13.9. The third-order valence-corrected chi connectivity index (χ3v) is 4.65. The SMILES string of the molecule is CC(C)C(=O)[C@@H](CN1CCN(C)CC1)c1ccc(C(F)(F)F)c(F)c1. The smallest absolute Gasteiger partial charge is 0.304 e. The first-order valence-corrected chi connectivity index (χ1v) is 8.41. The number of carbonyl (C=O) groups is 1. The standard InChI is InChI=1S/C18H24F4N2O/c1-12(2)17(25)14(11-24-8-6-23(3)7-9-24)13-4-5-15(16(19)10-13)18(20,21)22/h4-5,10,12,14H,6-9,11H2,1-3H3/t14-/m0/s1. The number of ketones is 1. The van der Waals surface area contributed by atoms with Crippen molar-refractivity contribution in [2.24, 2.45) is 5.92 Å². The molecule has 0 N–H and O–H groups in total. The van der Waals surface area contributed by atoms with Crippen molar-refractivity contribution >= 4 is 5.78 Å². The fourth-order valence-corrected chi connectivity index (χ4v) is 3.03. The van der Waals surface area contributed by atoms with Gasteiger partial charge in [-0.2, -0.15) is 13.2 Å². The van der Waals surface area contributed by atoms with Crippen molar-refractivity contribution in [2.75, 3.05) is 39.8 Å². The molecule has 25 heavy (non-hydrogen) atoms. The van der Waals surface area contributed by atoms with Gasteiger partial charge in [0, 0.05) is 38.6 Å². The van der Waals surface area contributed by atoms with Crippen LogP contribution >= 0.6 is 0 Å². The largest absolute Gasteiger partial charge is 0.419 e. The van der Waals surface area contributed by atoms with Crippen molar-refractivity contribution in [2.45, 2.75) is 25.9 Å². The van der Waals surface area contributed by atoms with E-state index in [2.05, 4.69) is 9.80 Å². The molecule has 0 aliphatic carbocycles. The summed E-state index contributed by atoms with van der Waals surface area (Å²) in [6, 6.07) is 2.83. The van der Waals surface area contributed by atoms with E-state index in [0.29, 0.717) is 12.1 Å². The zero-order chi connectivity index (χ0) is 18.8. The minimum atomic E-state index is -4.74. The predicted octanol–water partition coefficient (Wildman–Crippen LogP) is 3.40. The number of carbonyl (C=O) groups excluding carboxylic acids is 1. The second-order valence-electron chi connectivity index (χ2n) is 6.95. The molecule has 1 heterocycles. The van der Waals surface area contributed by atoms with E-state index in [1.165, 1.54) is 6.07 Å². The molecule has 0 unspecified atom stereocenters. The number of alkyl halides is 3. The average Bonchev–Trinajstić information content (AvgIpc) is 2.52. The third-order valence-electron chi connectivity index (χ3n) is 4.65. The quantitative estimate of drug-likeness (QED) is 0.752. The summed E-state index contributed by atoms with van der Waals surface area (Å²) in [5.41, 5.74) is -0.991. The molecule has 1 aromatic carbocycles. The van der Waals surface area contributed by atoms with E-state index in [9.17, 15) is 22.4 Å². The first-order valence-electron chi connectivity index (χ1n) is 8.41. The normalized spacial score (nSPS) is 18.6. The molecule has 1 atom stereocenters. The Kier molecular flexibility index (Phi) is 6.21. The molecular formula is C18H24F4N2O. The summed E-state index contributed by atoms with van der Waals surface area (Å²) >= 11 is 0. The molecule has 1 aliphatic rings. The highest BCUT2D eigenvalue weighted by molar-refractivity contribution is 5.87. The van der Waals surface area contributed by atoms with Gasteiger partial charge in [0.05, 0.1) is 11.5 Å². The van der Waals surface area contributed by atoms with Gasteiger partial charge in [0.2, 0.25) is 0 Å². The van der Waals surface area contributed by atoms with Gasteiger partial charge >= 0.3 is 6.18 Å². The third kappa shape index (κ3) is 5.01. The highest BCUT2D eigenvalue weighted by atomic mass is 19.4. The molecule has 7 heteroatoms. The van der Waals surface area contributed by atoms with E-state index in [4.69, 9.17) is 0 Å². The summed E-state index contributed by atoms with van der Waals surface area (Å²) in [6.45, 7) is 7.19. The number of nitrogens with zero attached hydrogens (tertiary/aromatic N) is 2. The molecule has 0 bridgehead atoms. The molecule has 0 saturated carbocycles. The van der Waals surface area contributed by atoms with E-state index in [0.717, 1.165) is 38.3 Å². The van der Waals surface area contributed by atoms with Gasteiger partial charge in [-0.3, -0.25) is 9.69 Å². The Bertz CT molecular complexity index is 608. The van der Waals surface area contributed by atoms with Gasteiger partial charge in [0.1, 0.15) is 11.6 Å². The number of hydrogen-bond donors (Lipinski definition) is 0. The minimum Gasteiger partial charge on any atom is -0.304 e. The average molecular weight is 360 g/mol. The van der Waals surface area contributed by atoms with Crippen molar-refractivity contribution < 1.29 is 22.4 Å². The van der Waals surface area contributed by atoms with E-state index in [-0.39, 0.29) is 11.7 Å². The van der Waals surface area contributed by atoms with Gasteiger partial charge in [-0.25, -0.2) is 4.39 Å². The maximum absolute atomic E-state index is 13.9. The molecule has 1 fully saturated rings. The molecule has 3 nitrogen and oxygen atoms in total. The molecule has 1 saturated heterocycles. The summed E-state index contributed by atoms with van der Waals surface area (Å²) in [4.78, 5) is 16.9. The molecule has 1 aromatic rings. The summed E-state index contributed by atoms with van der Waals surface area (Å²) in [5.74, 6) is -2.31. The van der Waals surface area contributed by atoms with Crippen molar-refractivity contribution in [3.8, 4) is 0 Å². The fraction of sp³-hybridized carbons (Fsp3) is 0.611. The summed E-state index contributed by atoms with van der Waals surface area (Å²) in [7, 11) is 2.01. The molecule has 0 amide bonds. The zero-order valence-corrected chi connectivity index (χ0v) is 14.7. The van der Waals surface area contributed by atoms with Gasteiger partial charge in [0.15, 0.2) is 0 Å². The minimum absolute atomic E-state index is 0.0851. The van der Waals surface area contributed by atoms with Crippen molar-refractivity contribution in [1.82, 2.24) is 9.80 Å². The lowest BCUT2D eigenvalue weighted by atomic mass is 9.87. The summed E-state index contributed by atoms with van der Waals surface area (Å²) in [6.07, 6.45) is -4.74. The molecule has 0 aromatic heterocycles. The lowest BCUT2D eigenvalue weighted by Gasteiger charge is -2.34.